The maximum Gasteiger partial charge on any atom is 0.329 e. The van der Waals surface area contributed by atoms with Gasteiger partial charge < -0.3 is 15.3 Å². The Balaban J connectivity index is 1.87. The number of likely N-dealkylation sites (tertiary alicyclic amines) is 1. The first-order valence-electron chi connectivity index (χ1n) is 7.51. The van der Waals surface area contributed by atoms with E-state index in [9.17, 15) is 14.7 Å². The largest absolute Gasteiger partial charge is 0.480 e. The van der Waals surface area contributed by atoms with Gasteiger partial charge >= 0.3 is 12.0 Å². The molecule has 0 radical (unpaired) electrons. The number of amides is 2. The number of allylic oxidation sites excluding steroid dienone is 1. The minimum Gasteiger partial charge on any atom is -0.480 e. The summed E-state index contributed by atoms with van der Waals surface area (Å²) in [5.74, 6) is -0.911. The molecule has 1 fully saturated rings. The number of hydrogen-bond acceptors (Lipinski definition) is 2. The third-order valence-corrected chi connectivity index (χ3v) is 4.45. The summed E-state index contributed by atoms with van der Waals surface area (Å²) in [7, 11) is 0. The minimum atomic E-state index is -1.06. The Morgan fingerprint density at radius 1 is 1.40 bits per heavy atom. The molecule has 0 aromatic heterocycles. The molecule has 2 N–H and O–H groups in total. The SMILES string of the molecule is CC1(C(=O)O)CCCCN1C(=O)NCCC1=CCCC1. The monoisotopic (exact) mass is 280 g/mol. The molecule has 2 aliphatic rings. The highest BCUT2D eigenvalue weighted by atomic mass is 16.4. The molecule has 1 atom stereocenters. The third-order valence-electron chi connectivity index (χ3n) is 4.45. The van der Waals surface area contributed by atoms with Crippen LogP contribution in [-0.4, -0.2) is 40.6 Å². The first-order valence-corrected chi connectivity index (χ1v) is 7.51. The Morgan fingerprint density at radius 2 is 2.20 bits per heavy atom. The van der Waals surface area contributed by atoms with Crippen LogP contribution in [0.1, 0.15) is 51.9 Å². The molecule has 5 heteroatoms. The van der Waals surface area contributed by atoms with Crippen LogP contribution >= 0.6 is 0 Å². The van der Waals surface area contributed by atoms with Gasteiger partial charge in [-0.2, -0.15) is 0 Å². The molecule has 1 unspecified atom stereocenters. The quantitative estimate of drug-likeness (QED) is 0.777. The zero-order valence-corrected chi connectivity index (χ0v) is 12.2. The fourth-order valence-corrected chi connectivity index (χ4v) is 3.06. The lowest BCUT2D eigenvalue weighted by molar-refractivity contribution is -0.150. The van der Waals surface area contributed by atoms with Crippen molar-refractivity contribution in [2.45, 2.75) is 57.4 Å². The fraction of sp³-hybridized carbons (Fsp3) is 0.733. The third kappa shape index (κ3) is 3.14. The highest BCUT2D eigenvalue weighted by Gasteiger charge is 2.43. The highest BCUT2D eigenvalue weighted by molar-refractivity contribution is 5.86. The van der Waals surface area contributed by atoms with Crippen molar-refractivity contribution < 1.29 is 14.7 Å². The predicted molar refractivity (Wildman–Crippen MR) is 76.5 cm³/mol. The van der Waals surface area contributed by atoms with Crippen LogP contribution < -0.4 is 5.32 Å². The number of nitrogens with one attached hydrogen (secondary N) is 1. The van der Waals surface area contributed by atoms with Crippen molar-refractivity contribution in [3.8, 4) is 0 Å². The van der Waals surface area contributed by atoms with Gasteiger partial charge in [-0.25, -0.2) is 9.59 Å². The zero-order chi connectivity index (χ0) is 14.6. The summed E-state index contributed by atoms with van der Waals surface area (Å²) in [5.41, 5.74) is 0.347. The molecule has 1 aliphatic carbocycles. The fourth-order valence-electron chi connectivity index (χ4n) is 3.06. The summed E-state index contributed by atoms with van der Waals surface area (Å²) in [6, 6.07) is -0.242. The second-order valence-electron chi connectivity index (χ2n) is 5.92. The number of hydrogen-bond donors (Lipinski definition) is 2. The van der Waals surface area contributed by atoms with Crippen LogP contribution in [0.25, 0.3) is 0 Å². The van der Waals surface area contributed by atoms with Crippen molar-refractivity contribution in [2.24, 2.45) is 0 Å². The lowest BCUT2D eigenvalue weighted by Crippen LogP contribution is -2.60. The van der Waals surface area contributed by atoms with Gasteiger partial charge in [0.25, 0.3) is 0 Å². The van der Waals surface area contributed by atoms with E-state index in [0.29, 0.717) is 19.5 Å². The number of carboxylic acids is 1. The van der Waals surface area contributed by atoms with Gasteiger partial charge in [0.05, 0.1) is 0 Å². The summed E-state index contributed by atoms with van der Waals surface area (Å²) in [6.45, 7) is 2.77. The first kappa shape index (κ1) is 14.9. The maximum atomic E-state index is 12.2. The number of carbonyl (C=O) groups is 2. The van der Waals surface area contributed by atoms with Crippen LogP contribution in [0.3, 0.4) is 0 Å². The Bertz CT molecular complexity index is 419. The van der Waals surface area contributed by atoms with Gasteiger partial charge in [0.2, 0.25) is 0 Å². The number of carbonyl (C=O) groups excluding carboxylic acids is 1. The standard InChI is InChI=1S/C15H24N2O3/c1-15(13(18)19)9-4-5-11-17(15)14(20)16-10-8-12-6-2-3-7-12/h6H,2-5,7-11H2,1H3,(H,16,20)(H,18,19). The van der Waals surface area contributed by atoms with Crippen molar-refractivity contribution >= 4 is 12.0 Å². The first-order chi connectivity index (χ1) is 9.54. The van der Waals surface area contributed by atoms with Crippen LogP contribution in [0, 0.1) is 0 Å². The highest BCUT2D eigenvalue weighted by Crippen LogP contribution is 2.28. The van der Waals surface area contributed by atoms with E-state index in [4.69, 9.17) is 0 Å². The molecule has 1 saturated heterocycles. The van der Waals surface area contributed by atoms with Gasteiger partial charge in [0.1, 0.15) is 5.54 Å². The minimum absolute atomic E-state index is 0.242. The predicted octanol–water partition coefficient (Wildman–Crippen LogP) is 2.53. The van der Waals surface area contributed by atoms with Crippen molar-refractivity contribution in [3.63, 3.8) is 0 Å². The summed E-state index contributed by atoms with van der Waals surface area (Å²) < 4.78 is 0. The molecule has 112 valence electrons. The van der Waals surface area contributed by atoms with E-state index in [-0.39, 0.29) is 6.03 Å². The van der Waals surface area contributed by atoms with Crippen molar-refractivity contribution in [2.75, 3.05) is 13.1 Å². The van der Waals surface area contributed by atoms with Crippen LogP contribution in [0.2, 0.25) is 0 Å². The van der Waals surface area contributed by atoms with Crippen LogP contribution in [0.15, 0.2) is 11.6 Å². The Morgan fingerprint density at radius 3 is 2.85 bits per heavy atom. The number of urea groups is 1. The second-order valence-corrected chi connectivity index (χ2v) is 5.92. The van der Waals surface area contributed by atoms with Crippen molar-refractivity contribution in [3.05, 3.63) is 11.6 Å². The van der Waals surface area contributed by atoms with Gasteiger partial charge in [-0.3, -0.25) is 0 Å². The van der Waals surface area contributed by atoms with Crippen molar-refractivity contribution in [1.82, 2.24) is 10.2 Å². The van der Waals surface area contributed by atoms with E-state index in [0.717, 1.165) is 32.1 Å². The summed E-state index contributed by atoms with van der Waals surface area (Å²) in [4.78, 5) is 25.2. The smallest absolute Gasteiger partial charge is 0.329 e. The molecule has 2 rings (SSSR count). The average molecular weight is 280 g/mol. The Hall–Kier alpha value is -1.52. The van der Waals surface area contributed by atoms with Gasteiger partial charge in [-0.05, 0) is 51.9 Å². The van der Waals surface area contributed by atoms with Crippen LogP contribution in [-0.2, 0) is 4.79 Å². The second kappa shape index (κ2) is 6.29. The zero-order valence-electron chi connectivity index (χ0n) is 12.2. The van der Waals surface area contributed by atoms with Crippen LogP contribution in [0.5, 0.6) is 0 Å². The summed E-state index contributed by atoms with van der Waals surface area (Å²) >= 11 is 0. The van der Waals surface area contributed by atoms with Gasteiger partial charge in [-0.1, -0.05) is 11.6 Å². The summed E-state index contributed by atoms with van der Waals surface area (Å²) in [5, 5.41) is 12.3. The lowest BCUT2D eigenvalue weighted by Gasteiger charge is -2.41. The number of carboxylic acid groups (broad SMARTS) is 1. The molecule has 20 heavy (non-hydrogen) atoms. The number of piperidine rings is 1. The van der Waals surface area contributed by atoms with E-state index < -0.39 is 11.5 Å². The van der Waals surface area contributed by atoms with E-state index in [1.54, 1.807) is 6.92 Å². The molecular formula is C15H24N2O3. The number of nitrogens with zero attached hydrogens (tertiary/aromatic N) is 1. The molecular weight excluding hydrogens is 256 g/mol. The van der Waals surface area contributed by atoms with Crippen molar-refractivity contribution in [1.29, 1.82) is 0 Å². The molecule has 2 amide bonds. The molecule has 0 spiro atoms. The van der Waals surface area contributed by atoms with E-state index in [2.05, 4.69) is 11.4 Å². The maximum absolute atomic E-state index is 12.2. The Kier molecular flexibility index (Phi) is 4.68. The Labute approximate surface area is 120 Å². The van der Waals surface area contributed by atoms with E-state index in [1.165, 1.54) is 16.9 Å². The van der Waals surface area contributed by atoms with E-state index >= 15 is 0 Å². The lowest BCUT2D eigenvalue weighted by atomic mass is 9.89. The van der Waals surface area contributed by atoms with Gasteiger partial charge in [0, 0.05) is 13.1 Å². The molecule has 0 saturated carbocycles. The molecule has 1 heterocycles. The number of rotatable bonds is 4. The van der Waals surface area contributed by atoms with Crippen LogP contribution in [0.4, 0.5) is 4.79 Å². The summed E-state index contributed by atoms with van der Waals surface area (Å²) in [6.07, 6.45) is 8.88. The molecule has 0 aromatic rings. The number of aliphatic carboxylic acids is 1. The van der Waals surface area contributed by atoms with E-state index in [1.807, 2.05) is 0 Å². The van der Waals surface area contributed by atoms with Gasteiger partial charge in [0.15, 0.2) is 0 Å². The van der Waals surface area contributed by atoms with Gasteiger partial charge in [-0.15, -0.1) is 0 Å². The average Bonchev–Trinajstić information content (AvgIpc) is 2.92. The molecule has 1 aliphatic heterocycles. The molecule has 0 aromatic carbocycles. The topological polar surface area (TPSA) is 69.6 Å². The molecule has 0 bridgehead atoms. The molecule has 5 nitrogen and oxygen atoms in total. The normalized spacial score (nSPS) is 26.2.